The van der Waals surface area contributed by atoms with Crippen LogP contribution in [-0.4, -0.2) is 54.2 Å². The van der Waals surface area contributed by atoms with Gasteiger partial charge in [-0.25, -0.2) is 0 Å². The standard InChI is InChI=1S/C12H25NO3/c1-8-7-9(13(5)6)10(14)11(15-8)16-12(2,3)4/h8-11,14H,7H2,1-6H3/t8-,9+,10-,11?/m1/s1. The van der Waals surface area contributed by atoms with Crippen LogP contribution in [-0.2, 0) is 9.47 Å². The van der Waals surface area contributed by atoms with Gasteiger partial charge in [-0.2, -0.15) is 0 Å². The third-order valence-electron chi connectivity index (χ3n) is 2.75. The summed E-state index contributed by atoms with van der Waals surface area (Å²) in [6.45, 7) is 7.91. The zero-order valence-electron chi connectivity index (χ0n) is 11.2. The Morgan fingerprint density at radius 1 is 1.31 bits per heavy atom. The molecule has 1 unspecified atom stereocenters. The lowest BCUT2D eigenvalue weighted by Crippen LogP contribution is -2.55. The first kappa shape index (κ1) is 13.9. The van der Waals surface area contributed by atoms with Gasteiger partial charge in [0.2, 0.25) is 0 Å². The third-order valence-corrected chi connectivity index (χ3v) is 2.75. The van der Waals surface area contributed by atoms with Crippen molar-refractivity contribution in [1.82, 2.24) is 4.90 Å². The number of hydrogen-bond donors (Lipinski definition) is 1. The van der Waals surface area contributed by atoms with Crippen molar-refractivity contribution in [2.24, 2.45) is 0 Å². The maximum atomic E-state index is 10.2. The molecule has 16 heavy (non-hydrogen) atoms. The summed E-state index contributed by atoms with van der Waals surface area (Å²) >= 11 is 0. The van der Waals surface area contributed by atoms with Gasteiger partial charge in [-0.3, -0.25) is 0 Å². The van der Waals surface area contributed by atoms with Crippen LogP contribution in [0, 0.1) is 0 Å². The van der Waals surface area contributed by atoms with E-state index >= 15 is 0 Å². The van der Waals surface area contributed by atoms with E-state index in [-0.39, 0.29) is 17.7 Å². The van der Waals surface area contributed by atoms with Crippen molar-refractivity contribution in [3.8, 4) is 0 Å². The molecule has 1 saturated heterocycles. The van der Waals surface area contributed by atoms with Gasteiger partial charge in [-0.15, -0.1) is 0 Å². The molecule has 0 aromatic rings. The highest BCUT2D eigenvalue weighted by molar-refractivity contribution is 4.86. The van der Waals surface area contributed by atoms with Gasteiger partial charge >= 0.3 is 0 Å². The summed E-state index contributed by atoms with van der Waals surface area (Å²) in [6, 6.07) is 0.0936. The first-order chi connectivity index (χ1) is 7.20. The molecular formula is C12H25NO3. The van der Waals surface area contributed by atoms with Crippen LogP contribution >= 0.6 is 0 Å². The van der Waals surface area contributed by atoms with E-state index in [4.69, 9.17) is 9.47 Å². The van der Waals surface area contributed by atoms with Crippen molar-refractivity contribution in [2.75, 3.05) is 14.1 Å². The number of aliphatic hydroxyl groups is 1. The Kier molecular flexibility index (Phi) is 4.35. The minimum Gasteiger partial charge on any atom is -0.386 e. The van der Waals surface area contributed by atoms with Crippen LogP contribution in [0.4, 0.5) is 0 Å². The fraction of sp³-hybridized carbons (Fsp3) is 1.00. The third kappa shape index (κ3) is 3.70. The molecule has 1 fully saturated rings. The van der Waals surface area contributed by atoms with E-state index in [1.807, 2.05) is 46.7 Å². The Bertz CT molecular complexity index is 225. The number of rotatable bonds is 2. The van der Waals surface area contributed by atoms with E-state index < -0.39 is 12.4 Å². The fourth-order valence-corrected chi connectivity index (χ4v) is 1.99. The number of likely N-dealkylation sites (N-methyl/N-ethyl adjacent to an activating group) is 1. The molecule has 0 bridgehead atoms. The second-order valence-corrected chi connectivity index (χ2v) is 5.80. The van der Waals surface area contributed by atoms with Gasteiger partial charge in [0.15, 0.2) is 6.29 Å². The van der Waals surface area contributed by atoms with Crippen molar-refractivity contribution in [2.45, 2.75) is 64.3 Å². The summed E-state index contributed by atoms with van der Waals surface area (Å²) < 4.78 is 11.4. The molecule has 0 aliphatic carbocycles. The molecule has 0 saturated carbocycles. The monoisotopic (exact) mass is 231 g/mol. The van der Waals surface area contributed by atoms with Crippen LogP contribution in [0.15, 0.2) is 0 Å². The minimum absolute atomic E-state index is 0.0936. The molecule has 1 heterocycles. The van der Waals surface area contributed by atoms with Gasteiger partial charge in [0.05, 0.1) is 11.7 Å². The molecule has 0 aromatic heterocycles. The lowest BCUT2D eigenvalue weighted by Gasteiger charge is -2.42. The van der Waals surface area contributed by atoms with Crippen molar-refractivity contribution < 1.29 is 14.6 Å². The van der Waals surface area contributed by atoms with Gasteiger partial charge in [0, 0.05) is 6.04 Å². The van der Waals surface area contributed by atoms with Crippen LogP contribution in [0.5, 0.6) is 0 Å². The van der Waals surface area contributed by atoms with Gasteiger partial charge in [-0.1, -0.05) is 0 Å². The summed E-state index contributed by atoms with van der Waals surface area (Å²) in [6.07, 6.45) is -0.178. The molecule has 1 N–H and O–H groups in total. The quantitative estimate of drug-likeness (QED) is 0.776. The SMILES string of the molecule is C[C@@H]1C[C@H](N(C)C)[C@@H](O)C(OC(C)(C)C)O1. The fourth-order valence-electron chi connectivity index (χ4n) is 1.99. The predicted molar refractivity (Wildman–Crippen MR) is 63.3 cm³/mol. The van der Waals surface area contributed by atoms with E-state index in [2.05, 4.69) is 0 Å². The Morgan fingerprint density at radius 3 is 2.31 bits per heavy atom. The van der Waals surface area contributed by atoms with E-state index in [9.17, 15) is 5.11 Å². The van der Waals surface area contributed by atoms with Crippen LogP contribution in [0.3, 0.4) is 0 Å². The summed E-state index contributed by atoms with van der Waals surface area (Å²) in [4.78, 5) is 2.03. The number of nitrogens with zero attached hydrogens (tertiary/aromatic N) is 1. The molecule has 96 valence electrons. The van der Waals surface area contributed by atoms with E-state index in [0.717, 1.165) is 6.42 Å². The Balaban J connectivity index is 2.69. The normalized spacial score (nSPS) is 36.8. The van der Waals surface area contributed by atoms with Gasteiger partial charge in [-0.05, 0) is 48.2 Å². The number of hydrogen-bond acceptors (Lipinski definition) is 4. The summed E-state index contributed by atoms with van der Waals surface area (Å²) in [5.74, 6) is 0. The van der Waals surface area contributed by atoms with E-state index in [0.29, 0.717) is 0 Å². The van der Waals surface area contributed by atoms with Crippen LogP contribution in [0.25, 0.3) is 0 Å². The molecule has 4 heteroatoms. The second kappa shape index (κ2) is 5.00. The maximum Gasteiger partial charge on any atom is 0.185 e. The summed E-state index contributed by atoms with van der Waals surface area (Å²) in [5, 5.41) is 10.2. The smallest absolute Gasteiger partial charge is 0.185 e. The number of aliphatic hydroxyl groups excluding tert-OH is 1. The molecule has 1 rings (SSSR count). The van der Waals surface area contributed by atoms with Gasteiger partial charge in [0.25, 0.3) is 0 Å². The Labute approximate surface area is 98.5 Å². The van der Waals surface area contributed by atoms with Crippen LogP contribution in [0.2, 0.25) is 0 Å². The molecule has 4 atom stereocenters. The van der Waals surface area contributed by atoms with Crippen LogP contribution in [0.1, 0.15) is 34.1 Å². The molecule has 1 aliphatic heterocycles. The Morgan fingerprint density at radius 2 is 1.88 bits per heavy atom. The zero-order valence-corrected chi connectivity index (χ0v) is 11.2. The van der Waals surface area contributed by atoms with Gasteiger partial charge < -0.3 is 19.5 Å². The average Bonchev–Trinajstić information content (AvgIpc) is 2.07. The lowest BCUT2D eigenvalue weighted by atomic mass is 9.99. The first-order valence-electron chi connectivity index (χ1n) is 5.88. The van der Waals surface area contributed by atoms with Crippen molar-refractivity contribution in [3.05, 3.63) is 0 Å². The highest BCUT2D eigenvalue weighted by Gasteiger charge is 2.39. The van der Waals surface area contributed by atoms with Crippen molar-refractivity contribution >= 4 is 0 Å². The molecule has 0 spiro atoms. The average molecular weight is 231 g/mol. The minimum atomic E-state index is -0.592. The molecule has 0 aromatic carbocycles. The molecule has 0 radical (unpaired) electrons. The zero-order chi connectivity index (χ0) is 12.5. The highest BCUT2D eigenvalue weighted by Crippen LogP contribution is 2.26. The van der Waals surface area contributed by atoms with Crippen molar-refractivity contribution in [3.63, 3.8) is 0 Å². The van der Waals surface area contributed by atoms with Crippen molar-refractivity contribution in [1.29, 1.82) is 0 Å². The first-order valence-corrected chi connectivity index (χ1v) is 5.88. The van der Waals surface area contributed by atoms with Crippen LogP contribution < -0.4 is 0 Å². The molecular weight excluding hydrogens is 206 g/mol. The molecule has 0 amide bonds. The Hall–Kier alpha value is -0.160. The highest BCUT2D eigenvalue weighted by atomic mass is 16.7. The van der Waals surface area contributed by atoms with E-state index in [1.165, 1.54) is 0 Å². The molecule has 4 nitrogen and oxygen atoms in total. The topological polar surface area (TPSA) is 41.9 Å². The predicted octanol–water partition coefficient (Wildman–Crippen LogP) is 1.23. The number of ether oxygens (including phenoxy) is 2. The lowest BCUT2D eigenvalue weighted by molar-refractivity contribution is -0.281. The largest absolute Gasteiger partial charge is 0.386 e. The maximum absolute atomic E-state index is 10.2. The molecule has 1 aliphatic rings. The van der Waals surface area contributed by atoms with Gasteiger partial charge in [0.1, 0.15) is 6.10 Å². The summed E-state index contributed by atoms with van der Waals surface area (Å²) in [5.41, 5.74) is -0.306. The van der Waals surface area contributed by atoms with E-state index in [1.54, 1.807) is 0 Å². The second-order valence-electron chi connectivity index (χ2n) is 5.80. The summed E-state index contributed by atoms with van der Waals surface area (Å²) in [7, 11) is 3.94.